The highest BCUT2D eigenvalue weighted by Crippen LogP contribution is 2.32. The number of nitrogens with one attached hydrogen (secondary N) is 1. The first-order valence-corrected chi connectivity index (χ1v) is 11.8. The molecule has 1 atom stereocenters. The van der Waals surface area contributed by atoms with Crippen LogP contribution < -0.4 is 20.2 Å². The van der Waals surface area contributed by atoms with Crippen molar-refractivity contribution in [3.8, 4) is 0 Å². The Kier molecular flexibility index (Phi) is 5.32. The Morgan fingerprint density at radius 1 is 1.12 bits per heavy atom. The highest BCUT2D eigenvalue weighted by Gasteiger charge is 2.34. The molecule has 2 aliphatic heterocycles. The maximum absolute atomic E-state index is 13.8. The lowest BCUT2D eigenvalue weighted by Crippen LogP contribution is -2.40. The van der Waals surface area contributed by atoms with E-state index in [2.05, 4.69) is 24.2 Å². The minimum absolute atomic E-state index is 0.295. The van der Waals surface area contributed by atoms with E-state index in [4.69, 9.17) is 4.74 Å². The van der Waals surface area contributed by atoms with Crippen LogP contribution in [-0.4, -0.2) is 23.6 Å². The van der Waals surface area contributed by atoms with Gasteiger partial charge in [0.05, 0.1) is 30.0 Å². The van der Waals surface area contributed by atoms with Gasteiger partial charge < -0.3 is 10.1 Å². The summed E-state index contributed by atoms with van der Waals surface area (Å²) in [6.45, 7) is 5.95. The molecule has 7 nitrogen and oxygen atoms in total. The van der Waals surface area contributed by atoms with Gasteiger partial charge in [-0.15, -0.1) is 0 Å². The van der Waals surface area contributed by atoms with E-state index in [0.29, 0.717) is 43.3 Å². The molecule has 1 amide bonds. The monoisotopic (exact) mass is 473 g/mol. The number of allylic oxidation sites excluding steroid dienone is 1. The van der Waals surface area contributed by atoms with E-state index in [1.165, 1.54) is 11.7 Å². The number of amides is 1. The molecular formula is C26H23N3O4S. The van der Waals surface area contributed by atoms with E-state index in [9.17, 15) is 14.4 Å². The van der Waals surface area contributed by atoms with Crippen LogP contribution >= 0.6 is 11.3 Å². The largest absolute Gasteiger partial charge is 0.466 e. The quantitative estimate of drug-likeness (QED) is 0.593. The molecule has 1 aromatic heterocycles. The number of ether oxygens (including phenoxy) is 1. The summed E-state index contributed by atoms with van der Waals surface area (Å²) in [7, 11) is 1.31. The number of methoxy groups -OCH3 is 1. The average Bonchev–Trinajstić information content (AvgIpc) is 3.32. The molecule has 0 spiro atoms. The SMILES string of the molecule is COC(=O)C1=C(C)N=c2s/c(=C3/C(=O)Nc4ccccc43)c(=O)n2C1c1ccc(C(C)C)cc1. The van der Waals surface area contributed by atoms with Crippen LogP contribution in [0.15, 0.2) is 69.6 Å². The molecule has 2 aliphatic rings. The number of hydrogen-bond donors (Lipinski definition) is 1. The summed E-state index contributed by atoms with van der Waals surface area (Å²) in [5.74, 6) is -0.523. The van der Waals surface area contributed by atoms with Crippen LogP contribution in [-0.2, 0) is 14.3 Å². The third kappa shape index (κ3) is 3.33. The van der Waals surface area contributed by atoms with Crippen molar-refractivity contribution in [3.63, 3.8) is 0 Å². The highest BCUT2D eigenvalue weighted by atomic mass is 32.1. The Hall–Kier alpha value is -3.78. The molecule has 0 saturated heterocycles. The molecule has 0 aliphatic carbocycles. The number of benzene rings is 2. The van der Waals surface area contributed by atoms with Crippen molar-refractivity contribution in [1.29, 1.82) is 0 Å². The summed E-state index contributed by atoms with van der Waals surface area (Å²) in [6, 6.07) is 14.4. The predicted molar refractivity (Wildman–Crippen MR) is 130 cm³/mol. The van der Waals surface area contributed by atoms with Gasteiger partial charge in [-0.2, -0.15) is 0 Å². The molecule has 2 aromatic carbocycles. The van der Waals surface area contributed by atoms with Crippen LogP contribution in [0.1, 0.15) is 49.4 Å². The van der Waals surface area contributed by atoms with Crippen LogP contribution in [0.3, 0.4) is 0 Å². The molecule has 0 bridgehead atoms. The van der Waals surface area contributed by atoms with Crippen molar-refractivity contribution >= 4 is 34.5 Å². The maximum Gasteiger partial charge on any atom is 0.338 e. The summed E-state index contributed by atoms with van der Waals surface area (Å²) in [5.41, 5.74) is 4.02. The molecule has 0 saturated carbocycles. The number of para-hydroxylation sites is 1. The zero-order chi connectivity index (χ0) is 24.1. The molecule has 34 heavy (non-hydrogen) atoms. The predicted octanol–water partition coefficient (Wildman–Crippen LogP) is 2.85. The van der Waals surface area contributed by atoms with Crippen molar-refractivity contribution in [2.45, 2.75) is 32.7 Å². The number of nitrogens with zero attached hydrogens (tertiary/aromatic N) is 2. The van der Waals surface area contributed by atoms with Gasteiger partial charge >= 0.3 is 5.97 Å². The molecule has 172 valence electrons. The van der Waals surface area contributed by atoms with Gasteiger partial charge in [0, 0.05) is 11.3 Å². The fourth-order valence-corrected chi connectivity index (χ4v) is 5.61. The van der Waals surface area contributed by atoms with Crippen LogP contribution in [0.4, 0.5) is 5.69 Å². The molecule has 0 radical (unpaired) electrons. The van der Waals surface area contributed by atoms with E-state index >= 15 is 0 Å². The number of carbonyl (C=O) groups is 2. The Bertz CT molecular complexity index is 1560. The van der Waals surface area contributed by atoms with Crippen molar-refractivity contribution in [2.24, 2.45) is 4.99 Å². The molecule has 1 N–H and O–H groups in total. The first-order valence-electron chi connectivity index (χ1n) is 11.0. The van der Waals surface area contributed by atoms with Gasteiger partial charge in [0.1, 0.15) is 4.53 Å². The summed E-state index contributed by atoms with van der Waals surface area (Å²) < 4.78 is 6.86. The van der Waals surface area contributed by atoms with Crippen LogP contribution in [0.2, 0.25) is 0 Å². The minimum atomic E-state index is -0.709. The second-order valence-electron chi connectivity index (χ2n) is 8.59. The number of fused-ring (bicyclic) bond motifs is 2. The Morgan fingerprint density at radius 2 is 1.82 bits per heavy atom. The zero-order valence-corrected chi connectivity index (χ0v) is 20.0. The fraction of sp³-hybridized carbons (Fsp3) is 0.231. The topological polar surface area (TPSA) is 89.8 Å². The number of carbonyl (C=O) groups excluding carboxylic acids is 2. The summed E-state index contributed by atoms with van der Waals surface area (Å²) in [4.78, 5) is 44.5. The molecule has 3 heterocycles. The summed E-state index contributed by atoms with van der Waals surface area (Å²) >= 11 is 1.16. The normalized spacial score (nSPS) is 18.4. The smallest absolute Gasteiger partial charge is 0.338 e. The first-order chi connectivity index (χ1) is 16.3. The van der Waals surface area contributed by atoms with Crippen LogP contribution in [0.25, 0.3) is 5.57 Å². The third-order valence-corrected chi connectivity index (χ3v) is 7.27. The molecule has 5 rings (SSSR count). The van der Waals surface area contributed by atoms with E-state index in [1.54, 1.807) is 13.0 Å². The number of hydrogen-bond acceptors (Lipinski definition) is 6. The third-order valence-electron chi connectivity index (χ3n) is 6.22. The average molecular weight is 474 g/mol. The second kappa shape index (κ2) is 8.22. The van der Waals surface area contributed by atoms with Gasteiger partial charge in [0.15, 0.2) is 4.80 Å². The second-order valence-corrected chi connectivity index (χ2v) is 9.57. The first kappa shape index (κ1) is 22.0. The zero-order valence-electron chi connectivity index (χ0n) is 19.2. The fourth-order valence-electron chi connectivity index (χ4n) is 4.46. The van der Waals surface area contributed by atoms with Crippen molar-refractivity contribution in [3.05, 3.63) is 96.2 Å². The highest BCUT2D eigenvalue weighted by molar-refractivity contribution is 7.07. The van der Waals surface area contributed by atoms with Gasteiger partial charge in [-0.05, 0) is 30.0 Å². The van der Waals surface area contributed by atoms with Crippen molar-refractivity contribution in [2.75, 3.05) is 12.4 Å². The number of rotatable bonds is 3. The number of thiazole rings is 1. The van der Waals surface area contributed by atoms with Gasteiger partial charge in [0.2, 0.25) is 0 Å². The summed E-state index contributed by atoms with van der Waals surface area (Å²) in [5, 5.41) is 2.83. The standard InChI is InChI=1S/C26H23N3O4S/c1-13(2)15-9-11-16(12-10-15)21-19(25(32)33-4)14(3)27-26-29(21)24(31)22(34-26)20-17-7-5-6-8-18(17)28-23(20)30/h5-13,21H,1-4H3,(H,28,30)/b22-20+. The van der Waals surface area contributed by atoms with Crippen LogP contribution in [0, 0.1) is 0 Å². The molecular weight excluding hydrogens is 450 g/mol. The lowest BCUT2D eigenvalue weighted by atomic mass is 9.93. The lowest BCUT2D eigenvalue weighted by Gasteiger charge is -2.24. The number of esters is 1. The molecule has 1 unspecified atom stereocenters. The van der Waals surface area contributed by atoms with Gasteiger partial charge in [0.25, 0.3) is 11.5 Å². The van der Waals surface area contributed by atoms with E-state index in [0.717, 1.165) is 22.5 Å². The van der Waals surface area contributed by atoms with Gasteiger partial charge in [-0.3, -0.25) is 14.2 Å². The van der Waals surface area contributed by atoms with Crippen LogP contribution in [0.5, 0.6) is 0 Å². The number of anilines is 1. The molecule has 0 fully saturated rings. The summed E-state index contributed by atoms with van der Waals surface area (Å²) in [6.07, 6.45) is 0. The van der Waals surface area contributed by atoms with Crippen molar-refractivity contribution in [1.82, 2.24) is 4.57 Å². The van der Waals surface area contributed by atoms with Gasteiger partial charge in [-0.1, -0.05) is 67.6 Å². The van der Waals surface area contributed by atoms with E-state index in [1.807, 2.05) is 42.5 Å². The van der Waals surface area contributed by atoms with E-state index in [-0.39, 0.29) is 11.5 Å². The van der Waals surface area contributed by atoms with E-state index < -0.39 is 12.0 Å². The molecule has 8 heteroatoms. The lowest BCUT2D eigenvalue weighted by molar-refractivity contribution is -0.136. The van der Waals surface area contributed by atoms with Crippen molar-refractivity contribution < 1.29 is 14.3 Å². The Labute approximate surface area is 199 Å². The van der Waals surface area contributed by atoms with Gasteiger partial charge in [-0.25, -0.2) is 9.79 Å². The maximum atomic E-state index is 13.8. The minimum Gasteiger partial charge on any atom is -0.466 e. The Balaban J connectivity index is 1.80. The Morgan fingerprint density at radius 3 is 2.50 bits per heavy atom. The number of aromatic nitrogens is 1. The molecule has 3 aromatic rings.